The molecule has 0 aromatic carbocycles. The predicted molar refractivity (Wildman–Crippen MR) is 13.9 cm³/mol. The molecule has 0 amide bonds. The molecule has 0 saturated carbocycles. The van der Waals surface area contributed by atoms with E-state index in [0.29, 0.717) is 0 Å². The maximum atomic E-state index is 7.22. The minimum absolute atomic E-state index is 1.42. The second kappa shape index (κ2) is 3.14. The summed E-state index contributed by atoms with van der Waals surface area (Å²) in [5, 5.41) is 15.6. The third-order valence-electron chi connectivity index (χ3n) is 0.0865. The maximum Gasteiger partial charge on any atom is 0.136 e. The van der Waals surface area contributed by atoms with Crippen molar-refractivity contribution < 1.29 is 10.2 Å². The molecule has 0 bridgehead atoms. The van der Waals surface area contributed by atoms with Crippen LogP contribution in [-0.2, 0) is 4.99 Å². The minimum atomic E-state index is 1.42. The fraction of sp³-hybridized carbons (Fsp3) is 0. The number of hydrogen-bond donors (Lipinski definition) is 2. The maximum absolute atomic E-state index is 7.22. The molecule has 2 N–H and O–H groups in total. The molecule has 0 radical (unpaired) electrons. The van der Waals surface area contributed by atoms with E-state index in [-0.39, 0.29) is 0 Å². The van der Waals surface area contributed by atoms with Crippen LogP contribution in [-0.4, -0.2) is 11.3 Å². The number of nitrogens with zero attached hydrogens (tertiary/aromatic N) is 1. The zero-order chi connectivity index (χ0) is 4.12. The molecule has 0 aliphatic carbocycles. The second-order valence-electron chi connectivity index (χ2n) is 0.285. The van der Waals surface area contributed by atoms with Gasteiger partial charge in [0.15, 0.2) is 0 Å². The van der Waals surface area contributed by atoms with Crippen molar-refractivity contribution in [3.8, 4) is 0 Å². The van der Waals surface area contributed by atoms with Crippen LogP contribution in [0.3, 0.4) is 0 Å². The molecule has 0 aromatic heterocycles. The highest BCUT2D eigenvalue weighted by molar-refractivity contribution is 5.34. The van der Waals surface area contributed by atoms with Crippen LogP contribution in [0.2, 0.25) is 0 Å². The second-order valence-corrected chi connectivity index (χ2v) is 0.285. The molecule has 0 aromatic rings. The van der Waals surface area contributed by atoms with Crippen LogP contribution in [0.4, 0.5) is 0 Å². The summed E-state index contributed by atoms with van der Waals surface area (Å²) in [6.45, 7) is 0. The van der Waals surface area contributed by atoms with Gasteiger partial charge in [0, 0.05) is 5.16 Å². The number of rotatable bonds is 1. The smallest absolute Gasteiger partial charge is 0.136 e. The summed E-state index contributed by atoms with van der Waals surface area (Å²) >= 11 is 0. The van der Waals surface area contributed by atoms with Crippen LogP contribution in [0.1, 0.15) is 0 Å². The topological polar surface area (TPSA) is 65.7 Å². The first-order valence-electron chi connectivity index (χ1n) is 0.839. The third kappa shape index (κ3) is 3.14. The Morgan fingerprint density at radius 1 is 2.00 bits per heavy atom. The van der Waals surface area contributed by atoms with Crippen LogP contribution in [0, 0.1) is 5.41 Å². The Morgan fingerprint density at radius 2 is 2.60 bits per heavy atom. The summed E-state index contributed by atoms with van der Waals surface area (Å²) in [6.07, 6.45) is 0. The molecule has 0 aliphatic heterocycles. The van der Waals surface area contributed by atoms with Crippen LogP contribution < -0.4 is 0 Å². The van der Waals surface area contributed by atoms with Crippen molar-refractivity contribution >= 4 is 6.01 Å². The number of nitrogens with one attached hydrogen (secondary N) is 1. The Balaban J connectivity index is 2.93. The van der Waals surface area contributed by atoms with Crippen LogP contribution in [0.5, 0.6) is 0 Å². The van der Waals surface area contributed by atoms with Gasteiger partial charge in [-0.25, -0.2) is 10.4 Å². The molecule has 0 heterocycles. The summed E-state index contributed by atoms with van der Waals surface area (Å²) in [5.41, 5.74) is 0. The zero-order valence-electron chi connectivity index (χ0n) is 2.30. The normalized spacial score (nSPS) is 5.00. The first-order chi connectivity index (χ1) is 2.41. The van der Waals surface area contributed by atoms with E-state index in [1.54, 1.807) is 0 Å². The Kier molecular flexibility index (Phi) is 2.60. The molecule has 5 heavy (non-hydrogen) atoms. The largest absolute Gasteiger partial charge is 0.238 e. The Bertz CT molecular complexity index is 54.7. The van der Waals surface area contributed by atoms with Crippen molar-refractivity contribution in [2.45, 2.75) is 0 Å². The lowest BCUT2D eigenvalue weighted by Crippen LogP contribution is -1.60. The van der Waals surface area contributed by atoms with Gasteiger partial charge in [-0.1, -0.05) is 0 Å². The summed E-state index contributed by atoms with van der Waals surface area (Å²) in [7, 11) is 0. The molecule has 0 atom stereocenters. The summed E-state index contributed by atoms with van der Waals surface area (Å²) < 4.78 is 0. The van der Waals surface area contributed by atoms with Gasteiger partial charge in [0.2, 0.25) is 0 Å². The fourth-order valence-corrected chi connectivity index (χ4v) is 0.0204. The Labute approximate surface area is 28.1 Å². The van der Waals surface area contributed by atoms with Crippen molar-refractivity contribution in [1.29, 1.82) is 5.41 Å². The Morgan fingerprint density at radius 3 is 2.60 bits per heavy atom. The highest BCUT2D eigenvalue weighted by Crippen LogP contribution is 1.51. The van der Waals surface area contributed by atoms with Crippen molar-refractivity contribution in [3.63, 3.8) is 0 Å². The fourth-order valence-electron chi connectivity index (χ4n) is 0.0204. The van der Waals surface area contributed by atoms with Gasteiger partial charge < -0.3 is 0 Å². The van der Waals surface area contributed by atoms with Crippen molar-refractivity contribution in [2.75, 3.05) is 0 Å². The van der Waals surface area contributed by atoms with E-state index < -0.39 is 0 Å². The first kappa shape index (κ1) is 4.14. The molecule has 0 unspecified atom stereocenters. The molecule has 28 valence electrons. The average Bonchev–Trinajstić information content (AvgIpc) is 1.41. The molecule has 0 aliphatic rings. The van der Waals surface area contributed by atoms with Gasteiger partial charge in [-0.15, -0.1) is 0 Å². The van der Waals surface area contributed by atoms with Gasteiger partial charge in [-0.3, -0.25) is 0 Å². The standard InChI is InChI=1S/CH2N2O2/c2-1-3-5-4/h2,4H. The van der Waals surface area contributed by atoms with E-state index in [2.05, 4.69) is 10.1 Å². The SMILES string of the molecule is N=C=NOO. The van der Waals surface area contributed by atoms with Crippen LogP contribution in [0.15, 0.2) is 5.16 Å². The van der Waals surface area contributed by atoms with Crippen molar-refractivity contribution in [1.82, 2.24) is 0 Å². The quantitative estimate of drug-likeness (QED) is 0.264. The van der Waals surface area contributed by atoms with Crippen LogP contribution >= 0.6 is 0 Å². The lowest BCUT2D eigenvalue weighted by Gasteiger charge is -1.65. The van der Waals surface area contributed by atoms with E-state index in [0.717, 1.165) is 0 Å². The average molecular weight is 74.0 g/mol. The van der Waals surface area contributed by atoms with Gasteiger partial charge in [-0.05, 0) is 0 Å². The summed E-state index contributed by atoms with van der Waals surface area (Å²) in [4.78, 5) is 3.02. The molecule has 4 heteroatoms. The third-order valence-corrected chi connectivity index (χ3v) is 0.0865. The van der Waals surface area contributed by atoms with Gasteiger partial charge >= 0.3 is 0 Å². The summed E-state index contributed by atoms with van der Waals surface area (Å²) in [5.74, 6) is 0. The van der Waals surface area contributed by atoms with Gasteiger partial charge in [0.25, 0.3) is 0 Å². The highest BCUT2D eigenvalue weighted by atomic mass is 17.2. The zero-order valence-corrected chi connectivity index (χ0v) is 2.30. The van der Waals surface area contributed by atoms with Crippen LogP contribution in [0.25, 0.3) is 0 Å². The molecule has 0 rings (SSSR count). The van der Waals surface area contributed by atoms with E-state index in [9.17, 15) is 0 Å². The van der Waals surface area contributed by atoms with Gasteiger partial charge in [0.05, 0.1) is 0 Å². The van der Waals surface area contributed by atoms with E-state index in [1.807, 2.05) is 0 Å². The van der Waals surface area contributed by atoms with E-state index in [4.69, 9.17) is 10.7 Å². The molecule has 0 spiro atoms. The predicted octanol–water partition coefficient (Wildman–Crippen LogP) is 0.144. The molecule has 4 nitrogen and oxygen atoms in total. The Hall–Kier alpha value is -0.860. The molecule has 0 fully saturated rings. The number of hydrogen-bond acceptors (Lipinski definition) is 4. The van der Waals surface area contributed by atoms with Gasteiger partial charge in [-0.2, -0.15) is 5.26 Å². The van der Waals surface area contributed by atoms with E-state index in [1.165, 1.54) is 6.01 Å². The van der Waals surface area contributed by atoms with Gasteiger partial charge in [0.1, 0.15) is 6.01 Å². The lowest BCUT2D eigenvalue weighted by molar-refractivity contribution is -0.242. The van der Waals surface area contributed by atoms with Crippen molar-refractivity contribution in [2.24, 2.45) is 5.16 Å². The first-order valence-corrected chi connectivity index (χ1v) is 0.839. The van der Waals surface area contributed by atoms with Crippen molar-refractivity contribution in [3.05, 3.63) is 0 Å². The lowest BCUT2D eigenvalue weighted by atomic mass is 11.6. The monoisotopic (exact) mass is 74.0 g/mol. The molecular weight excluding hydrogens is 72.0 g/mol. The minimum Gasteiger partial charge on any atom is -0.238 e. The molecule has 0 saturated heterocycles. The molecular formula is CH2N2O2. The highest BCUT2D eigenvalue weighted by Gasteiger charge is 1.46. The summed E-state index contributed by atoms with van der Waals surface area (Å²) in [6, 6.07) is 1.42. The van der Waals surface area contributed by atoms with E-state index >= 15 is 0 Å².